The Labute approximate surface area is 176 Å². The number of halogens is 1. The first-order valence-electron chi connectivity index (χ1n) is 10.4. The minimum atomic E-state index is -0.690. The Kier molecular flexibility index (Phi) is 5.79. The first kappa shape index (κ1) is 20.2. The summed E-state index contributed by atoms with van der Waals surface area (Å²) in [7, 11) is 0. The first-order chi connectivity index (χ1) is 14.0. The van der Waals surface area contributed by atoms with Crippen molar-refractivity contribution in [2.24, 2.45) is 5.92 Å². The fourth-order valence-electron chi connectivity index (χ4n) is 4.64. The van der Waals surface area contributed by atoms with E-state index in [1.165, 1.54) is 4.90 Å². The number of rotatable bonds is 4. The molecule has 4 rings (SSSR count). The number of urea groups is 1. The molecular weight excluding hydrogens is 392 g/mol. The van der Waals surface area contributed by atoms with Crippen LogP contribution in [0.4, 0.5) is 10.5 Å². The van der Waals surface area contributed by atoms with Crippen LogP contribution in [0.2, 0.25) is 5.02 Å². The second-order valence-electron chi connectivity index (χ2n) is 8.25. The Balaban J connectivity index is 1.38. The minimum absolute atomic E-state index is 0.155. The van der Waals surface area contributed by atoms with Crippen molar-refractivity contribution < 1.29 is 14.4 Å². The summed E-state index contributed by atoms with van der Waals surface area (Å²) in [6.45, 7) is 5.19. The molecule has 0 spiro atoms. The van der Waals surface area contributed by atoms with Crippen molar-refractivity contribution in [1.29, 1.82) is 0 Å². The topological polar surface area (TPSA) is 64.2 Å². The normalized spacial score (nSPS) is 26.6. The SMILES string of the molecule is C[C@@H]1CCCC[C@H]1N1C(=O)C(=O)N(CN2CCN(c3cccc(Cl)c3)CC2)C1=O. The highest BCUT2D eigenvalue weighted by Crippen LogP contribution is 2.31. The maximum absolute atomic E-state index is 12.9. The number of benzene rings is 1. The predicted molar refractivity (Wildman–Crippen MR) is 111 cm³/mol. The number of anilines is 1. The summed E-state index contributed by atoms with van der Waals surface area (Å²) in [6, 6.07) is 7.14. The number of hydrogen-bond acceptors (Lipinski definition) is 5. The zero-order valence-electron chi connectivity index (χ0n) is 16.7. The molecule has 2 saturated heterocycles. The predicted octanol–water partition coefficient (Wildman–Crippen LogP) is 2.79. The van der Waals surface area contributed by atoms with Crippen LogP contribution < -0.4 is 4.90 Å². The zero-order chi connectivity index (χ0) is 20.5. The molecule has 3 fully saturated rings. The highest BCUT2D eigenvalue weighted by Gasteiger charge is 2.49. The van der Waals surface area contributed by atoms with Gasteiger partial charge in [0.25, 0.3) is 0 Å². The van der Waals surface area contributed by atoms with Gasteiger partial charge < -0.3 is 4.90 Å². The van der Waals surface area contributed by atoms with Gasteiger partial charge in [0, 0.05) is 42.9 Å². The summed E-state index contributed by atoms with van der Waals surface area (Å²) in [6.07, 6.45) is 3.88. The molecule has 1 aromatic rings. The van der Waals surface area contributed by atoms with E-state index in [0.717, 1.165) is 49.4 Å². The number of amides is 4. The Hall–Kier alpha value is -2.12. The molecule has 0 N–H and O–H groups in total. The summed E-state index contributed by atoms with van der Waals surface area (Å²) in [5, 5.41) is 0.703. The summed E-state index contributed by atoms with van der Waals surface area (Å²) >= 11 is 6.08. The Morgan fingerprint density at radius 3 is 2.41 bits per heavy atom. The molecule has 0 unspecified atom stereocenters. The second-order valence-corrected chi connectivity index (χ2v) is 8.68. The van der Waals surface area contributed by atoms with Gasteiger partial charge in [0.1, 0.15) is 0 Å². The molecule has 2 heterocycles. The van der Waals surface area contributed by atoms with Gasteiger partial charge in [-0.15, -0.1) is 0 Å². The van der Waals surface area contributed by atoms with E-state index in [-0.39, 0.29) is 18.6 Å². The minimum Gasteiger partial charge on any atom is -0.369 e. The lowest BCUT2D eigenvalue weighted by Crippen LogP contribution is -2.52. The van der Waals surface area contributed by atoms with Crippen LogP contribution >= 0.6 is 11.6 Å². The number of carbonyl (C=O) groups excluding carboxylic acids is 3. The molecule has 2 aliphatic heterocycles. The molecule has 1 aliphatic carbocycles. The van der Waals surface area contributed by atoms with Gasteiger partial charge in [0.15, 0.2) is 0 Å². The molecule has 8 heteroatoms. The van der Waals surface area contributed by atoms with Crippen LogP contribution in [-0.2, 0) is 9.59 Å². The second kappa shape index (κ2) is 8.32. The third-order valence-corrected chi connectivity index (χ3v) is 6.60. The highest BCUT2D eigenvalue weighted by molar-refractivity contribution is 6.44. The fourth-order valence-corrected chi connectivity index (χ4v) is 4.82. The van der Waals surface area contributed by atoms with E-state index in [4.69, 9.17) is 11.6 Å². The van der Waals surface area contributed by atoms with Gasteiger partial charge >= 0.3 is 17.8 Å². The van der Waals surface area contributed by atoms with Crippen molar-refractivity contribution in [3.63, 3.8) is 0 Å². The van der Waals surface area contributed by atoms with Crippen LogP contribution in [0.3, 0.4) is 0 Å². The van der Waals surface area contributed by atoms with Crippen LogP contribution in [0, 0.1) is 5.92 Å². The Bertz CT molecular complexity index is 809. The van der Waals surface area contributed by atoms with Crippen molar-refractivity contribution in [2.45, 2.75) is 38.6 Å². The van der Waals surface area contributed by atoms with E-state index in [1.807, 2.05) is 24.3 Å². The van der Waals surface area contributed by atoms with E-state index < -0.39 is 17.8 Å². The first-order valence-corrected chi connectivity index (χ1v) is 10.8. The monoisotopic (exact) mass is 418 g/mol. The molecular formula is C21H27ClN4O3. The number of carbonyl (C=O) groups is 3. The van der Waals surface area contributed by atoms with Gasteiger partial charge in [-0.25, -0.2) is 9.69 Å². The number of nitrogens with zero attached hydrogens (tertiary/aromatic N) is 4. The van der Waals surface area contributed by atoms with E-state index in [0.29, 0.717) is 18.1 Å². The van der Waals surface area contributed by atoms with Gasteiger partial charge in [0.2, 0.25) is 0 Å². The number of hydrogen-bond donors (Lipinski definition) is 0. The van der Waals surface area contributed by atoms with Crippen LogP contribution in [0.5, 0.6) is 0 Å². The summed E-state index contributed by atoms with van der Waals surface area (Å²) < 4.78 is 0. The average Bonchev–Trinajstić information content (AvgIpc) is 2.92. The van der Waals surface area contributed by atoms with Gasteiger partial charge in [-0.2, -0.15) is 0 Å². The smallest absolute Gasteiger partial charge is 0.335 e. The van der Waals surface area contributed by atoms with E-state index >= 15 is 0 Å². The molecule has 0 aromatic heterocycles. The van der Waals surface area contributed by atoms with Crippen LogP contribution in [0.1, 0.15) is 32.6 Å². The molecule has 0 bridgehead atoms. The quantitative estimate of drug-likeness (QED) is 0.555. The molecule has 1 saturated carbocycles. The third-order valence-electron chi connectivity index (χ3n) is 6.37. The largest absolute Gasteiger partial charge is 0.369 e. The molecule has 4 amide bonds. The van der Waals surface area contributed by atoms with E-state index in [9.17, 15) is 14.4 Å². The Morgan fingerprint density at radius 1 is 1.00 bits per heavy atom. The highest BCUT2D eigenvalue weighted by atomic mass is 35.5. The van der Waals surface area contributed by atoms with Gasteiger partial charge in [-0.1, -0.05) is 37.4 Å². The fraction of sp³-hybridized carbons (Fsp3) is 0.571. The summed E-state index contributed by atoms with van der Waals surface area (Å²) in [5.74, 6) is -1.11. The van der Waals surface area contributed by atoms with Gasteiger partial charge in [0.05, 0.1) is 6.67 Å². The lowest BCUT2D eigenvalue weighted by atomic mass is 9.85. The Morgan fingerprint density at radius 2 is 1.72 bits per heavy atom. The van der Waals surface area contributed by atoms with Crippen molar-refractivity contribution in [1.82, 2.24) is 14.7 Å². The standard InChI is InChI=1S/C21H27ClN4O3/c1-15-5-2-3-8-18(15)26-20(28)19(27)25(21(26)29)14-23-9-11-24(12-10-23)17-7-4-6-16(22)13-17/h4,6-7,13,15,18H,2-3,5,8-12,14H2,1H3/t15-,18-/m1/s1. The molecule has 29 heavy (non-hydrogen) atoms. The third kappa shape index (κ3) is 3.98. The number of piperazine rings is 1. The van der Waals surface area contributed by atoms with E-state index in [1.54, 1.807) is 0 Å². The molecule has 3 aliphatic rings. The molecule has 2 atom stereocenters. The van der Waals surface area contributed by atoms with Crippen molar-refractivity contribution in [3.05, 3.63) is 29.3 Å². The molecule has 1 aromatic carbocycles. The average molecular weight is 419 g/mol. The maximum atomic E-state index is 12.9. The van der Waals surface area contributed by atoms with Crippen molar-refractivity contribution in [3.8, 4) is 0 Å². The summed E-state index contributed by atoms with van der Waals surface area (Å²) in [5.41, 5.74) is 1.07. The van der Waals surface area contributed by atoms with Crippen LogP contribution in [-0.4, -0.2) is 71.4 Å². The molecule has 7 nitrogen and oxygen atoms in total. The van der Waals surface area contributed by atoms with Crippen molar-refractivity contribution >= 4 is 35.1 Å². The van der Waals surface area contributed by atoms with Crippen LogP contribution in [0.15, 0.2) is 24.3 Å². The van der Waals surface area contributed by atoms with Gasteiger partial charge in [-0.3, -0.25) is 19.4 Å². The number of imide groups is 2. The lowest BCUT2D eigenvalue weighted by molar-refractivity contribution is -0.145. The lowest BCUT2D eigenvalue weighted by Gasteiger charge is -2.37. The zero-order valence-corrected chi connectivity index (χ0v) is 17.5. The molecule has 0 radical (unpaired) electrons. The van der Waals surface area contributed by atoms with Crippen molar-refractivity contribution in [2.75, 3.05) is 37.7 Å². The molecule has 156 valence electrons. The van der Waals surface area contributed by atoms with Crippen LogP contribution in [0.25, 0.3) is 0 Å². The maximum Gasteiger partial charge on any atom is 0.335 e. The summed E-state index contributed by atoms with van der Waals surface area (Å²) in [4.78, 5) is 44.7. The van der Waals surface area contributed by atoms with Gasteiger partial charge in [-0.05, 0) is 37.0 Å². The van der Waals surface area contributed by atoms with E-state index in [2.05, 4.69) is 16.7 Å².